The van der Waals surface area contributed by atoms with Gasteiger partial charge in [-0.05, 0) is 0 Å². The van der Waals surface area contributed by atoms with E-state index in [1.807, 2.05) is 0 Å². The second kappa shape index (κ2) is 6.81. The van der Waals surface area contributed by atoms with Gasteiger partial charge >= 0.3 is 64.3 Å². The maximum absolute atomic E-state index is 12.6. The third kappa shape index (κ3) is 3.89. The number of nitrogen functional groups attached to an aromatic ring is 1. The Morgan fingerprint density at radius 1 is 1.28 bits per heavy atom. The maximum Gasteiger partial charge on any atom is 1.00 e. The molecule has 4 nitrogen and oxygen atoms in total. The molecule has 1 aromatic rings. The molecule has 0 aliphatic rings. The molecule has 9 heteroatoms. The van der Waals surface area contributed by atoms with Gasteiger partial charge in [-0.3, -0.25) is 0 Å². The van der Waals surface area contributed by atoms with Gasteiger partial charge in [0.2, 0.25) is 0 Å². The van der Waals surface area contributed by atoms with Crippen LogP contribution in [0.4, 0.5) is 18.6 Å². The molecule has 0 saturated carbocycles. The minimum absolute atomic E-state index is 0. The average Bonchev–Trinajstić information content (AvgIpc) is 2.25. The summed E-state index contributed by atoms with van der Waals surface area (Å²) in [4.78, 5) is 11.3. The minimum atomic E-state index is -5.29. The van der Waals surface area contributed by atoms with Crippen LogP contribution in [0.25, 0.3) is 0 Å². The molecule has 0 aromatic heterocycles. The van der Waals surface area contributed by atoms with Gasteiger partial charge in [-0.1, -0.05) is 11.5 Å². The zero-order valence-electron chi connectivity index (χ0n) is 10.2. The van der Waals surface area contributed by atoms with Crippen LogP contribution in [0.1, 0.15) is 10.4 Å². The number of hydrogen-bond acceptors (Lipinski definition) is 4. The van der Waals surface area contributed by atoms with E-state index in [4.69, 9.17) is 10.5 Å². The van der Waals surface area contributed by atoms with E-state index in [9.17, 15) is 17.7 Å². The van der Waals surface area contributed by atoms with E-state index < -0.39 is 24.1 Å². The van der Waals surface area contributed by atoms with Crippen LogP contribution in [-0.2, 0) is 4.74 Å². The summed E-state index contributed by atoms with van der Waals surface area (Å²) in [7, 11) is 2.29. The van der Waals surface area contributed by atoms with Gasteiger partial charge in [0.15, 0.2) is 0 Å². The van der Waals surface area contributed by atoms with Crippen molar-refractivity contribution in [2.45, 2.75) is 0 Å². The van der Waals surface area contributed by atoms with Crippen molar-refractivity contribution in [1.29, 1.82) is 0 Å². The Balaban J connectivity index is 0.00000289. The molecular weight excluding hydrogens is 277 g/mol. The van der Waals surface area contributed by atoms with Crippen molar-refractivity contribution in [3.8, 4) is 5.75 Å². The summed E-state index contributed by atoms with van der Waals surface area (Å²) in [5, 5.41) is 0. The summed E-state index contributed by atoms with van der Waals surface area (Å²) in [5.41, 5.74) is 3.43. The molecule has 0 aliphatic heterocycles. The predicted molar refractivity (Wildman–Crippen MR) is 57.5 cm³/mol. The molecule has 0 radical (unpaired) electrons. The van der Waals surface area contributed by atoms with E-state index in [1.165, 1.54) is 7.11 Å². The number of hydrogen-bond donors (Lipinski definition) is 1. The van der Waals surface area contributed by atoms with Gasteiger partial charge in [0, 0.05) is 11.8 Å². The van der Waals surface area contributed by atoms with Crippen molar-refractivity contribution < 1.29 is 78.6 Å². The Labute approximate surface area is 144 Å². The fourth-order valence-corrected chi connectivity index (χ4v) is 1.33. The smallest absolute Gasteiger partial charge is 0.496 e. The number of benzene rings is 1. The van der Waals surface area contributed by atoms with E-state index >= 15 is 0 Å². The van der Waals surface area contributed by atoms with Gasteiger partial charge in [-0.25, -0.2) is 4.79 Å². The summed E-state index contributed by atoms with van der Waals surface area (Å²) in [6, 6.07) is 1.59. The zero-order chi connectivity index (χ0) is 13.2. The van der Waals surface area contributed by atoms with Gasteiger partial charge in [0.05, 0.1) is 19.8 Å². The Morgan fingerprint density at radius 2 is 1.83 bits per heavy atom. The summed E-state index contributed by atoms with van der Waals surface area (Å²) < 4.78 is 47.0. The van der Waals surface area contributed by atoms with Crippen LogP contribution < -0.4 is 67.3 Å². The number of halogens is 3. The number of anilines is 1. The first-order valence-electron chi connectivity index (χ1n) is 4.57. The number of nitrogens with two attached hydrogens (primary N) is 1. The fraction of sp³-hybridized carbons (Fsp3) is 0.222. The molecule has 0 amide bonds. The predicted octanol–water partition coefficient (Wildman–Crippen LogP) is -1.88. The first kappa shape index (κ1) is 17.8. The minimum Gasteiger partial charge on any atom is -0.496 e. The quantitative estimate of drug-likeness (QED) is 0.402. The fourth-order valence-electron chi connectivity index (χ4n) is 1.33. The Kier molecular flexibility index (Phi) is 6.72. The van der Waals surface area contributed by atoms with Gasteiger partial charge in [-0.15, -0.1) is 0 Å². The monoisotopic (exact) mass is 287 g/mol. The molecule has 2 N–H and O–H groups in total. The molecule has 0 fully saturated rings. The van der Waals surface area contributed by atoms with E-state index in [1.54, 1.807) is 0 Å². The van der Waals surface area contributed by atoms with Crippen LogP contribution in [0.3, 0.4) is 0 Å². The van der Waals surface area contributed by atoms with Crippen LogP contribution in [0.2, 0.25) is 0 Å². The van der Waals surface area contributed by atoms with Gasteiger partial charge in [-0.2, -0.15) is 0 Å². The first-order valence-corrected chi connectivity index (χ1v) is 4.57. The van der Waals surface area contributed by atoms with E-state index in [0.29, 0.717) is 6.07 Å². The SMILES string of the molecule is COC(=O)c1cc([B-](F)(F)F)c(N)cc1OC.[K+]. The molecule has 1 rings (SSSR count). The van der Waals surface area contributed by atoms with Crippen molar-refractivity contribution in [2.75, 3.05) is 20.0 Å². The summed E-state index contributed by atoms with van der Waals surface area (Å²) >= 11 is 0. The molecular formula is C9H10BF3KNO3. The number of rotatable bonds is 3. The third-order valence-electron chi connectivity index (χ3n) is 2.16. The summed E-state index contributed by atoms with van der Waals surface area (Å²) in [6.45, 7) is -5.29. The van der Waals surface area contributed by atoms with Crippen molar-refractivity contribution in [3.63, 3.8) is 0 Å². The number of methoxy groups -OCH3 is 2. The molecule has 0 spiro atoms. The van der Waals surface area contributed by atoms with Crippen molar-refractivity contribution in [1.82, 2.24) is 0 Å². The number of ether oxygens (including phenoxy) is 2. The Hall–Kier alpha value is -0.219. The largest absolute Gasteiger partial charge is 1.00 e. The van der Waals surface area contributed by atoms with Gasteiger partial charge in [0.25, 0.3) is 0 Å². The van der Waals surface area contributed by atoms with E-state index in [2.05, 4.69) is 4.74 Å². The van der Waals surface area contributed by atoms with Crippen molar-refractivity contribution >= 4 is 24.1 Å². The molecule has 0 bridgehead atoms. The average molecular weight is 287 g/mol. The van der Waals surface area contributed by atoms with Crippen LogP contribution in [0.5, 0.6) is 5.75 Å². The second-order valence-corrected chi connectivity index (χ2v) is 3.25. The first-order chi connectivity index (χ1) is 7.81. The second-order valence-electron chi connectivity index (χ2n) is 3.25. The number of carbonyl (C=O) groups is 1. The van der Waals surface area contributed by atoms with Gasteiger partial charge in [0.1, 0.15) is 5.75 Å². The molecule has 0 unspecified atom stereocenters. The number of esters is 1. The molecule has 0 saturated heterocycles. The zero-order valence-corrected chi connectivity index (χ0v) is 13.3. The normalized spacial score (nSPS) is 10.5. The van der Waals surface area contributed by atoms with Crippen molar-refractivity contribution in [3.05, 3.63) is 17.7 Å². The summed E-state index contributed by atoms with van der Waals surface area (Å²) in [6.07, 6.45) is 0. The van der Waals surface area contributed by atoms with Crippen molar-refractivity contribution in [2.24, 2.45) is 0 Å². The van der Waals surface area contributed by atoms with Crippen LogP contribution in [-0.4, -0.2) is 27.2 Å². The van der Waals surface area contributed by atoms with Crippen LogP contribution in [0.15, 0.2) is 12.1 Å². The maximum atomic E-state index is 12.6. The molecule has 1 aromatic carbocycles. The number of carbonyl (C=O) groups excluding carboxylic acids is 1. The topological polar surface area (TPSA) is 61.5 Å². The molecule has 94 valence electrons. The van der Waals surface area contributed by atoms with Gasteiger partial charge < -0.3 is 28.2 Å². The van der Waals surface area contributed by atoms with Crippen LogP contribution in [0, 0.1) is 0 Å². The molecule has 0 atom stereocenters. The van der Waals surface area contributed by atoms with E-state index in [0.717, 1.165) is 13.2 Å². The molecule has 18 heavy (non-hydrogen) atoms. The molecule has 0 heterocycles. The summed E-state index contributed by atoms with van der Waals surface area (Å²) in [5.74, 6) is -0.971. The standard InChI is InChI=1S/C9H10BF3NO3.K/c1-16-8-4-7(14)6(10(11,12)13)3-5(8)9(15)17-2;/h3-4H,14H2,1-2H3;/q-1;+1. The Morgan fingerprint density at radius 3 is 2.22 bits per heavy atom. The van der Waals surface area contributed by atoms with E-state index in [-0.39, 0.29) is 62.7 Å². The Bertz CT molecular complexity index is 453. The molecule has 0 aliphatic carbocycles. The third-order valence-corrected chi connectivity index (χ3v) is 2.16. The van der Waals surface area contributed by atoms with Crippen LogP contribution >= 0.6 is 0 Å².